The van der Waals surface area contributed by atoms with E-state index in [4.69, 9.17) is 9.15 Å². The van der Waals surface area contributed by atoms with Gasteiger partial charge in [0.2, 0.25) is 15.9 Å². The van der Waals surface area contributed by atoms with Crippen LogP contribution in [0.5, 0.6) is 5.75 Å². The number of hydrogen-bond donors (Lipinski definition) is 1. The Balaban J connectivity index is 1.61. The Labute approximate surface area is 281 Å². The number of anilines is 1. The van der Waals surface area contributed by atoms with Crippen molar-refractivity contribution in [2.75, 3.05) is 18.5 Å². The van der Waals surface area contributed by atoms with Gasteiger partial charge in [0.15, 0.2) is 0 Å². The fourth-order valence-electron chi connectivity index (χ4n) is 5.86. The van der Waals surface area contributed by atoms with Crippen molar-refractivity contribution in [2.24, 2.45) is 0 Å². The molecule has 48 heavy (non-hydrogen) atoms. The number of aryl methyl sites for hydroxylation is 3. The molecule has 248 valence electrons. The number of furan rings is 1. The van der Waals surface area contributed by atoms with Gasteiger partial charge in [-0.2, -0.15) is 4.31 Å². The number of carboxylic acid groups (broad SMARTS) is 1. The Hall–Kier alpha value is -5.19. The van der Waals surface area contributed by atoms with Gasteiger partial charge in [0.05, 0.1) is 29.9 Å². The molecule has 4 aromatic carbocycles. The van der Waals surface area contributed by atoms with Crippen LogP contribution in [0.4, 0.5) is 5.69 Å². The fraction of sp³-hybridized carbons (Fsp3) is 0.211. The highest BCUT2D eigenvalue weighted by molar-refractivity contribution is 7.89. The summed E-state index contributed by atoms with van der Waals surface area (Å²) >= 11 is 0. The summed E-state index contributed by atoms with van der Waals surface area (Å²) in [5.74, 6) is -1.14. The lowest BCUT2D eigenvalue weighted by Gasteiger charge is -2.29. The van der Waals surface area contributed by atoms with Crippen LogP contribution >= 0.6 is 0 Å². The molecule has 0 atom stereocenters. The molecule has 1 amide bonds. The van der Waals surface area contributed by atoms with Crippen LogP contribution in [0, 0.1) is 20.8 Å². The van der Waals surface area contributed by atoms with E-state index in [-0.39, 0.29) is 35.8 Å². The maximum Gasteiger partial charge on any atom is 0.339 e. The molecule has 0 saturated heterocycles. The molecule has 5 rings (SSSR count). The molecule has 0 aliphatic rings. The van der Waals surface area contributed by atoms with Crippen molar-refractivity contribution < 1.29 is 32.3 Å². The van der Waals surface area contributed by atoms with Crippen LogP contribution in [0.25, 0.3) is 0 Å². The van der Waals surface area contributed by atoms with Crippen molar-refractivity contribution in [1.29, 1.82) is 0 Å². The van der Waals surface area contributed by atoms with E-state index in [0.29, 0.717) is 28.1 Å². The van der Waals surface area contributed by atoms with Gasteiger partial charge in [-0.1, -0.05) is 78.4 Å². The van der Waals surface area contributed by atoms with Gasteiger partial charge >= 0.3 is 5.97 Å². The molecule has 0 radical (unpaired) electrons. The minimum atomic E-state index is -4.05. The maximum absolute atomic E-state index is 14.3. The predicted octanol–water partition coefficient (Wildman–Crippen LogP) is 6.93. The summed E-state index contributed by atoms with van der Waals surface area (Å²) in [7, 11) is -2.68. The number of amides is 1. The summed E-state index contributed by atoms with van der Waals surface area (Å²) in [6.45, 7) is 4.95. The standard InChI is InChI=1S/C38H38N2O7S/c1-26-20-27(2)37(28(3)21-26)48(44,45)39(4)24-35(41)40(23-31-16-11-19-46-31)34-18-17-32(38(42)43)36(47-25-30-14-9-6-10-15-30)33(34)22-29-12-7-5-8-13-29/h5-21H,22-25H2,1-4H3,(H,42,43). The SMILES string of the molecule is Cc1cc(C)c(S(=O)(=O)N(C)CC(=O)N(Cc2ccco2)c2ccc(C(=O)O)c(OCc3ccccc3)c2Cc2ccccc2)c(C)c1. The van der Waals surface area contributed by atoms with Crippen molar-refractivity contribution in [3.05, 3.63) is 148 Å². The van der Waals surface area contributed by atoms with Crippen LogP contribution in [-0.2, 0) is 34.4 Å². The van der Waals surface area contributed by atoms with E-state index in [0.717, 1.165) is 21.0 Å². The smallest absolute Gasteiger partial charge is 0.339 e. The van der Waals surface area contributed by atoms with E-state index in [1.165, 1.54) is 24.3 Å². The molecule has 0 unspecified atom stereocenters. The Morgan fingerprint density at radius 3 is 2.04 bits per heavy atom. The molecule has 1 N–H and O–H groups in total. The number of sulfonamides is 1. The molecular formula is C38H38N2O7S. The van der Waals surface area contributed by atoms with Gasteiger partial charge in [-0.05, 0) is 67.3 Å². The Morgan fingerprint density at radius 2 is 1.46 bits per heavy atom. The lowest BCUT2D eigenvalue weighted by Crippen LogP contribution is -2.41. The number of likely N-dealkylation sites (N-methyl/N-ethyl adjacent to an activating group) is 1. The van der Waals surface area contributed by atoms with E-state index in [1.807, 2.05) is 67.6 Å². The first-order valence-electron chi connectivity index (χ1n) is 15.4. The first kappa shape index (κ1) is 34.2. The minimum Gasteiger partial charge on any atom is -0.488 e. The fourth-order valence-corrected chi connectivity index (χ4v) is 7.38. The summed E-state index contributed by atoms with van der Waals surface area (Å²) in [6, 6.07) is 28.8. The summed E-state index contributed by atoms with van der Waals surface area (Å²) in [4.78, 5) is 28.4. The number of ether oxygens (including phenoxy) is 1. The third-order valence-corrected chi connectivity index (χ3v) is 10.1. The van der Waals surface area contributed by atoms with Gasteiger partial charge in [0.25, 0.3) is 0 Å². The lowest BCUT2D eigenvalue weighted by atomic mass is 9.98. The second kappa shape index (κ2) is 14.7. The average Bonchev–Trinajstić information content (AvgIpc) is 3.56. The quantitative estimate of drug-likeness (QED) is 0.145. The molecule has 1 heterocycles. The Kier molecular flexibility index (Phi) is 10.5. The van der Waals surface area contributed by atoms with Gasteiger partial charge in [-0.3, -0.25) is 4.79 Å². The zero-order chi connectivity index (χ0) is 34.4. The van der Waals surface area contributed by atoms with Crippen LogP contribution in [-0.4, -0.2) is 43.3 Å². The largest absolute Gasteiger partial charge is 0.488 e. The first-order valence-corrected chi connectivity index (χ1v) is 16.9. The van der Waals surface area contributed by atoms with E-state index in [9.17, 15) is 23.1 Å². The van der Waals surface area contributed by atoms with Crippen molar-refractivity contribution in [3.8, 4) is 5.75 Å². The number of carboxylic acids is 1. The van der Waals surface area contributed by atoms with Crippen LogP contribution in [0.2, 0.25) is 0 Å². The van der Waals surface area contributed by atoms with Gasteiger partial charge < -0.3 is 19.2 Å². The molecule has 5 aromatic rings. The van der Waals surface area contributed by atoms with E-state index in [2.05, 4.69) is 0 Å². The van der Waals surface area contributed by atoms with E-state index >= 15 is 0 Å². The van der Waals surface area contributed by atoms with Crippen LogP contribution in [0.1, 0.15) is 49.5 Å². The van der Waals surface area contributed by atoms with Crippen molar-refractivity contribution in [3.63, 3.8) is 0 Å². The number of carbonyl (C=O) groups excluding carboxylic acids is 1. The molecule has 9 nitrogen and oxygen atoms in total. The molecular weight excluding hydrogens is 628 g/mol. The summed E-state index contributed by atoms with van der Waals surface area (Å²) in [6.07, 6.45) is 1.73. The highest BCUT2D eigenvalue weighted by Crippen LogP contribution is 2.37. The summed E-state index contributed by atoms with van der Waals surface area (Å²) in [5, 5.41) is 10.2. The molecule has 0 aliphatic carbocycles. The second-order valence-corrected chi connectivity index (χ2v) is 13.7. The minimum absolute atomic E-state index is 0.0331. The van der Waals surface area contributed by atoms with Crippen LogP contribution < -0.4 is 9.64 Å². The molecule has 0 spiro atoms. The molecule has 0 saturated carbocycles. The van der Waals surface area contributed by atoms with Crippen LogP contribution in [0.15, 0.2) is 113 Å². The highest BCUT2D eigenvalue weighted by Gasteiger charge is 2.31. The number of aromatic carboxylic acids is 1. The number of rotatable bonds is 13. The van der Waals surface area contributed by atoms with Gasteiger partial charge in [0.1, 0.15) is 23.7 Å². The zero-order valence-corrected chi connectivity index (χ0v) is 28.2. The third-order valence-electron chi connectivity index (χ3n) is 8.03. The normalized spacial score (nSPS) is 11.4. The molecule has 0 fully saturated rings. The molecule has 0 bridgehead atoms. The summed E-state index contributed by atoms with van der Waals surface area (Å²) in [5.41, 5.74) is 4.60. The highest BCUT2D eigenvalue weighted by atomic mass is 32.2. The van der Waals surface area contributed by atoms with Crippen molar-refractivity contribution >= 4 is 27.6 Å². The lowest BCUT2D eigenvalue weighted by molar-refractivity contribution is -0.118. The van der Waals surface area contributed by atoms with Gasteiger partial charge in [-0.25, -0.2) is 13.2 Å². The number of carbonyl (C=O) groups is 2. The zero-order valence-electron chi connectivity index (χ0n) is 27.3. The Morgan fingerprint density at radius 1 is 0.833 bits per heavy atom. The number of nitrogens with zero attached hydrogens (tertiary/aromatic N) is 2. The van der Waals surface area contributed by atoms with Crippen LogP contribution in [0.3, 0.4) is 0 Å². The molecule has 1 aromatic heterocycles. The first-order chi connectivity index (χ1) is 23.0. The topological polar surface area (TPSA) is 117 Å². The monoisotopic (exact) mass is 666 g/mol. The number of hydrogen-bond acceptors (Lipinski definition) is 6. The number of benzene rings is 4. The second-order valence-electron chi connectivity index (χ2n) is 11.7. The van der Waals surface area contributed by atoms with Gasteiger partial charge in [-0.15, -0.1) is 0 Å². The van der Waals surface area contributed by atoms with E-state index < -0.39 is 28.4 Å². The third kappa shape index (κ3) is 7.67. The van der Waals surface area contributed by atoms with Crippen molar-refractivity contribution in [2.45, 2.75) is 45.2 Å². The predicted molar refractivity (Wildman–Crippen MR) is 184 cm³/mol. The molecule has 10 heteroatoms. The molecule has 0 aliphatic heterocycles. The average molecular weight is 667 g/mol. The van der Waals surface area contributed by atoms with E-state index in [1.54, 1.807) is 44.2 Å². The van der Waals surface area contributed by atoms with Crippen molar-refractivity contribution in [1.82, 2.24) is 4.31 Å². The van der Waals surface area contributed by atoms with Gasteiger partial charge in [0, 0.05) is 19.0 Å². The Bertz CT molecular complexity index is 1990. The summed E-state index contributed by atoms with van der Waals surface area (Å²) < 4.78 is 40.6. The maximum atomic E-state index is 14.3.